The lowest BCUT2D eigenvalue weighted by Crippen LogP contribution is -2.29. The largest absolute Gasteiger partial charge is 0.379 e. The smallest absolute Gasteiger partial charge is 0.296 e. The summed E-state index contributed by atoms with van der Waals surface area (Å²) in [6.45, 7) is 2.02. The monoisotopic (exact) mass is 353 g/mol. The van der Waals surface area contributed by atoms with Crippen molar-refractivity contribution in [1.29, 1.82) is 0 Å². The van der Waals surface area contributed by atoms with Gasteiger partial charge in [0, 0.05) is 17.0 Å². The lowest BCUT2D eigenvalue weighted by Gasteiger charge is -2.30. The van der Waals surface area contributed by atoms with Crippen molar-refractivity contribution in [2.75, 3.05) is 11.1 Å². The molecule has 1 aliphatic heterocycles. The van der Waals surface area contributed by atoms with Crippen LogP contribution in [0.2, 0.25) is 0 Å². The Morgan fingerprint density at radius 3 is 2.64 bits per heavy atom. The van der Waals surface area contributed by atoms with E-state index in [1.54, 1.807) is 48.2 Å². The lowest BCUT2D eigenvalue weighted by molar-refractivity contribution is -0.112. The predicted octanol–water partition coefficient (Wildman–Crippen LogP) is 3.17. The van der Waals surface area contributed by atoms with E-state index >= 15 is 0 Å². The summed E-state index contributed by atoms with van der Waals surface area (Å²) in [5, 5.41) is 3.25. The number of aliphatic imine (C=N–C) groups is 1. The van der Waals surface area contributed by atoms with Crippen LogP contribution in [-0.4, -0.2) is 22.6 Å². The van der Waals surface area contributed by atoms with E-state index in [2.05, 4.69) is 10.3 Å². The van der Waals surface area contributed by atoms with Crippen molar-refractivity contribution >= 4 is 34.3 Å². The number of carbonyl (C=O) groups excluding carboxylic acids is 2. The van der Waals surface area contributed by atoms with E-state index in [1.807, 2.05) is 25.1 Å². The van der Waals surface area contributed by atoms with Crippen LogP contribution in [0.3, 0.4) is 0 Å². The third-order valence-corrected chi connectivity index (χ3v) is 4.98. The van der Waals surface area contributed by atoms with Gasteiger partial charge in [0.25, 0.3) is 11.7 Å². The number of amides is 1. The summed E-state index contributed by atoms with van der Waals surface area (Å²) < 4.78 is 0. The van der Waals surface area contributed by atoms with Crippen LogP contribution >= 0.6 is 11.8 Å². The number of ketones is 1. The van der Waals surface area contributed by atoms with Gasteiger partial charge in [-0.2, -0.15) is 0 Å². The van der Waals surface area contributed by atoms with Crippen molar-refractivity contribution in [2.45, 2.75) is 18.9 Å². The summed E-state index contributed by atoms with van der Waals surface area (Å²) in [7, 11) is 0. The number of amidine groups is 1. The molecule has 0 aliphatic carbocycles. The fourth-order valence-electron chi connectivity index (χ4n) is 2.74. The number of nitrogens with one attached hydrogen (secondary N) is 1. The maximum Gasteiger partial charge on any atom is 0.296 e. The number of hydrogen-bond donors (Lipinski definition) is 2. The Morgan fingerprint density at radius 1 is 1.16 bits per heavy atom. The summed E-state index contributed by atoms with van der Waals surface area (Å²) in [4.78, 5) is 29.0. The third-order valence-electron chi connectivity index (χ3n) is 4.18. The Morgan fingerprint density at radius 2 is 1.92 bits per heavy atom. The second-order valence-electron chi connectivity index (χ2n) is 6.05. The van der Waals surface area contributed by atoms with Crippen LogP contribution in [0.25, 0.3) is 0 Å². The van der Waals surface area contributed by atoms with Gasteiger partial charge >= 0.3 is 0 Å². The third kappa shape index (κ3) is 3.91. The molecule has 1 aliphatic rings. The van der Waals surface area contributed by atoms with E-state index in [0.717, 1.165) is 17.7 Å². The van der Waals surface area contributed by atoms with Gasteiger partial charge in [0.15, 0.2) is 5.17 Å². The van der Waals surface area contributed by atoms with E-state index in [0.29, 0.717) is 16.4 Å². The van der Waals surface area contributed by atoms with Gasteiger partial charge in [-0.1, -0.05) is 54.2 Å². The summed E-state index contributed by atoms with van der Waals surface area (Å²) in [5.74, 6) is -0.321. The molecule has 1 amide bonds. The quantitative estimate of drug-likeness (QED) is 0.653. The van der Waals surface area contributed by atoms with Gasteiger partial charge in [-0.15, -0.1) is 0 Å². The minimum Gasteiger partial charge on any atom is -0.379 e. The molecule has 0 radical (unpaired) electrons. The van der Waals surface area contributed by atoms with Gasteiger partial charge in [-0.05, 0) is 31.0 Å². The van der Waals surface area contributed by atoms with E-state index in [-0.39, 0.29) is 0 Å². The molecule has 0 bridgehead atoms. The summed E-state index contributed by atoms with van der Waals surface area (Å²) in [5.41, 5.74) is 7.35. The average molecular weight is 353 g/mol. The topological polar surface area (TPSA) is 84.5 Å². The van der Waals surface area contributed by atoms with E-state index in [9.17, 15) is 9.59 Å². The van der Waals surface area contributed by atoms with Gasteiger partial charge in [-0.3, -0.25) is 14.6 Å². The number of rotatable bonds is 4. The lowest BCUT2D eigenvalue weighted by atomic mass is 9.89. The first-order valence-corrected chi connectivity index (χ1v) is 8.96. The normalized spacial score (nSPS) is 19.8. The van der Waals surface area contributed by atoms with Gasteiger partial charge in [0.1, 0.15) is 0 Å². The molecule has 1 heterocycles. The maximum absolute atomic E-state index is 12.2. The molecule has 3 rings (SSSR count). The minimum absolute atomic E-state index is 0.366. The molecule has 6 heteroatoms. The molecule has 2 aromatic carbocycles. The summed E-state index contributed by atoms with van der Waals surface area (Å²) >= 11 is 1.54. The first-order chi connectivity index (χ1) is 12.0. The van der Waals surface area contributed by atoms with E-state index in [4.69, 9.17) is 5.73 Å². The molecular formula is C19H19N3O2S. The SMILES string of the molecule is CC1(c2cccc(NC(=O)C(=O)c3ccccc3)c2)CCSC(N)=N1. The number of thioether (sulfide) groups is 1. The molecule has 1 unspecified atom stereocenters. The van der Waals surface area contributed by atoms with Crippen molar-refractivity contribution < 1.29 is 9.59 Å². The minimum atomic E-state index is -0.657. The first kappa shape index (κ1) is 17.2. The van der Waals surface area contributed by atoms with E-state index in [1.165, 1.54) is 0 Å². The Balaban J connectivity index is 1.79. The van der Waals surface area contributed by atoms with Crippen LogP contribution in [0, 0.1) is 0 Å². The predicted molar refractivity (Wildman–Crippen MR) is 102 cm³/mol. The van der Waals surface area contributed by atoms with E-state index < -0.39 is 17.2 Å². The molecule has 1 atom stereocenters. The molecule has 0 saturated carbocycles. The number of carbonyl (C=O) groups is 2. The van der Waals surface area contributed by atoms with Gasteiger partial charge in [-0.25, -0.2) is 0 Å². The zero-order valence-electron chi connectivity index (χ0n) is 13.9. The molecule has 3 N–H and O–H groups in total. The molecule has 2 aromatic rings. The fourth-order valence-corrected chi connectivity index (χ4v) is 3.71. The van der Waals surface area contributed by atoms with Crippen LogP contribution in [0.4, 0.5) is 5.69 Å². The molecule has 25 heavy (non-hydrogen) atoms. The molecule has 0 spiro atoms. The summed E-state index contributed by atoms with van der Waals surface area (Å²) in [6, 6.07) is 15.9. The Bertz CT molecular complexity index is 836. The highest BCUT2D eigenvalue weighted by Crippen LogP contribution is 2.35. The Hall–Kier alpha value is -2.60. The average Bonchev–Trinajstić information content (AvgIpc) is 2.62. The van der Waals surface area contributed by atoms with Gasteiger partial charge < -0.3 is 11.1 Å². The number of nitrogens with zero attached hydrogens (tertiary/aromatic N) is 1. The van der Waals surface area contributed by atoms with Crippen molar-refractivity contribution in [3.8, 4) is 0 Å². The highest BCUT2D eigenvalue weighted by Gasteiger charge is 2.29. The molecule has 5 nitrogen and oxygen atoms in total. The van der Waals surface area contributed by atoms with Crippen LogP contribution in [0.1, 0.15) is 29.3 Å². The molecule has 0 aromatic heterocycles. The summed E-state index contributed by atoms with van der Waals surface area (Å²) in [6.07, 6.45) is 0.860. The second-order valence-corrected chi connectivity index (χ2v) is 7.17. The zero-order chi connectivity index (χ0) is 17.9. The molecular weight excluding hydrogens is 334 g/mol. The molecule has 0 saturated heterocycles. The Kier molecular flexibility index (Phi) is 4.90. The molecule has 0 fully saturated rings. The van der Waals surface area contributed by atoms with Crippen LogP contribution in [-0.2, 0) is 10.3 Å². The van der Waals surface area contributed by atoms with Gasteiger partial charge in [0.2, 0.25) is 0 Å². The van der Waals surface area contributed by atoms with Crippen LogP contribution in [0.5, 0.6) is 0 Å². The first-order valence-electron chi connectivity index (χ1n) is 7.97. The highest BCUT2D eigenvalue weighted by atomic mass is 32.2. The standard InChI is InChI=1S/C19H19N3O2S/c1-19(10-11-25-18(20)22-19)14-8-5-9-15(12-14)21-17(24)16(23)13-6-3-2-4-7-13/h2-9,12H,10-11H2,1H3,(H2,20,22)(H,21,24). The van der Waals surface area contributed by atoms with Crippen LogP contribution < -0.4 is 11.1 Å². The fraction of sp³-hybridized carbons (Fsp3) is 0.211. The van der Waals surface area contributed by atoms with Crippen molar-refractivity contribution in [3.63, 3.8) is 0 Å². The number of hydrogen-bond acceptors (Lipinski definition) is 5. The zero-order valence-corrected chi connectivity index (χ0v) is 14.7. The van der Waals surface area contributed by atoms with Crippen molar-refractivity contribution in [3.05, 3.63) is 65.7 Å². The highest BCUT2D eigenvalue weighted by molar-refractivity contribution is 8.13. The number of anilines is 1. The van der Waals surface area contributed by atoms with Gasteiger partial charge in [0.05, 0.1) is 5.54 Å². The number of nitrogens with two attached hydrogens (primary N) is 1. The van der Waals surface area contributed by atoms with Crippen LogP contribution in [0.15, 0.2) is 59.6 Å². The van der Waals surface area contributed by atoms with Crippen molar-refractivity contribution in [1.82, 2.24) is 0 Å². The number of Topliss-reactive ketones (excluding diaryl/α,β-unsaturated/α-hetero) is 1. The van der Waals surface area contributed by atoms with Crippen molar-refractivity contribution in [2.24, 2.45) is 10.7 Å². The second kappa shape index (κ2) is 7.11. The number of benzene rings is 2. The maximum atomic E-state index is 12.2. The molecule has 128 valence electrons. The Labute approximate surface area is 150 Å².